The Morgan fingerprint density at radius 1 is 1.08 bits per heavy atom. The maximum atomic E-state index is 13.3. The van der Waals surface area contributed by atoms with E-state index in [0.717, 1.165) is 5.56 Å². The molecule has 0 aliphatic carbocycles. The largest absolute Gasteiger partial charge is 0.493 e. The van der Waals surface area contributed by atoms with Crippen molar-refractivity contribution in [1.29, 1.82) is 0 Å². The number of carbonyl (C=O) groups is 3. The molecule has 1 atom stereocenters. The molecular weight excluding hydrogens is 588 g/mol. The molecular formula is C28H26BrClN4O5. The number of methoxy groups -OCH3 is 1. The van der Waals surface area contributed by atoms with Crippen LogP contribution in [0.5, 0.6) is 11.5 Å². The number of nitrogens with one attached hydrogen (secondary N) is 4. The molecule has 39 heavy (non-hydrogen) atoms. The summed E-state index contributed by atoms with van der Waals surface area (Å²) in [5, 5.41) is 11.6. The Balaban J connectivity index is 1.53. The Bertz CT molecular complexity index is 1430. The molecule has 0 radical (unpaired) electrons. The lowest BCUT2D eigenvalue weighted by atomic mass is 9.94. The number of ether oxygens (including phenoxy) is 2. The number of hydrogen-bond donors (Lipinski definition) is 4. The van der Waals surface area contributed by atoms with E-state index in [4.69, 9.17) is 21.1 Å². The SMILES string of the molecule is COc1cc([C@H]2NC(=O)NC(C)=C2C(=O)Nc2cccc(Cl)c2)cc(Br)c1OCC(=O)NCc1ccccc1. The number of urea groups is 1. The van der Waals surface area contributed by atoms with Gasteiger partial charge in [-0.2, -0.15) is 0 Å². The first-order chi connectivity index (χ1) is 18.7. The molecule has 0 aromatic heterocycles. The highest BCUT2D eigenvalue weighted by Crippen LogP contribution is 2.40. The zero-order chi connectivity index (χ0) is 27.9. The van der Waals surface area contributed by atoms with E-state index >= 15 is 0 Å². The molecule has 1 aliphatic heterocycles. The lowest BCUT2D eigenvalue weighted by molar-refractivity contribution is -0.123. The van der Waals surface area contributed by atoms with E-state index in [2.05, 4.69) is 37.2 Å². The molecule has 1 aliphatic rings. The molecule has 9 nitrogen and oxygen atoms in total. The van der Waals surface area contributed by atoms with Crippen LogP contribution in [0.25, 0.3) is 0 Å². The molecule has 4 amide bonds. The van der Waals surface area contributed by atoms with Gasteiger partial charge >= 0.3 is 6.03 Å². The van der Waals surface area contributed by atoms with Crippen molar-refractivity contribution in [3.63, 3.8) is 0 Å². The maximum Gasteiger partial charge on any atom is 0.319 e. The maximum absolute atomic E-state index is 13.3. The van der Waals surface area contributed by atoms with E-state index in [0.29, 0.717) is 50.1 Å². The van der Waals surface area contributed by atoms with Crippen LogP contribution >= 0.6 is 27.5 Å². The predicted molar refractivity (Wildman–Crippen MR) is 152 cm³/mol. The summed E-state index contributed by atoms with van der Waals surface area (Å²) < 4.78 is 11.8. The summed E-state index contributed by atoms with van der Waals surface area (Å²) >= 11 is 9.54. The Labute approximate surface area is 239 Å². The van der Waals surface area contributed by atoms with Crippen molar-refractivity contribution in [3.05, 3.63) is 98.6 Å². The van der Waals surface area contributed by atoms with Gasteiger partial charge in [0.25, 0.3) is 11.8 Å². The van der Waals surface area contributed by atoms with Crippen LogP contribution in [0, 0.1) is 0 Å². The van der Waals surface area contributed by atoms with Gasteiger partial charge in [0.2, 0.25) is 0 Å². The second kappa shape index (κ2) is 12.7. The van der Waals surface area contributed by atoms with Gasteiger partial charge in [-0.05, 0) is 64.3 Å². The van der Waals surface area contributed by atoms with Crippen LogP contribution in [-0.4, -0.2) is 31.6 Å². The molecule has 4 rings (SSSR count). The Morgan fingerprint density at radius 2 is 1.85 bits per heavy atom. The molecule has 4 N–H and O–H groups in total. The summed E-state index contributed by atoms with van der Waals surface area (Å²) in [5.41, 5.74) is 2.74. The number of hydrogen-bond acceptors (Lipinski definition) is 5. The van der Waals surface area contributed by atoms with Crippen LogP contribution in [0.1, 0.15) is 24.1 Å². The van der Waals surface area contributed by atoms with Crippen molar-refractivity contribution in [2.75, 3.05) is 19.0 Å². The summed E-state index contributed by atoms with van der Waals surface area (Å²) in [5.74, 6) is -0.101. The number of allylic oxidation sites excluding steroid dienone is 1. The summed E-state index contributed by atoms with van der Waals surface area (Å²) in [4.78, 5) is 38.0. The second-order valence-corrected chi connectivity index (χ2v) is 9.91. The van der Waals surface area contributed by atoms with Crippen LogP contribution < -0.4 is 30.7 Å². The standard InChI is InChI=1S/C28H26BrClN4O5/c1-16-24(27(36)33-20-10-6-9-19(30)13-20)25(34-28(37)32-16)18-11-21(29)26(22(12-18)38-2)39-15-23(35)31-14-17-7-4-3-5-8-17/h3-13,25H,14-15H2,1-2H3,(H,31,35)(H,33,36)(H2,32,34,37)/t25-/m1/s1. The van der Waals surface area contributed by atoms with Gasteiger partial charge in [0, 0.05) is 23.0 Å². The third kappa shape index (κ3) is 7.10. The van der Waals surface area contributed by atoms with Gasteiger partial charge < -0.3 is 30.7 Å². The van der Waals surface area contributed by atoms with Crippen LogP contribution in [0.15, 0.2) is 82.5 Å². The van der Waals surface area contributed by atoms with Crippen molar-refractivity contribution < 1.29 is 23.9 Å². The van der Waals surface area contributed by atoms with Gasteiger partial charge in [-0.1, -0.05) is 48.0 Å². The van der Waals surface area contributed by atoms with Gasteiger partial charge in [-0.15, -0.1) is 0 Å². The minimum atomic E-state index is -0.800. The van der Waals surface area contributed by atoms with Crippen molar-refractivity contribution in [2.45, 2.75) is 19.5 Å². The average molecular weight is 614 g/mol. The van der Waals surface area contributed by atoms with Gasteiger partial charge in [0.1, 0.15) is 0 Å². The second-order valence-electron chi connectivity index (χ2n) is 8.62. The van der Waals surface area contributed by atoms with Crippen molar-refractivity contribution >= 4 is 51.1 Å². The third-order valence-corrected chi connectivity index (χ3v) is 6.69. The zero-order valence-electron chi connectivity index (χ0n) is 21.1. The molecule has 3 aromatic rings. The molecule has 1 heterocycles. The number of halogens is 2. The highest BCUT2D eigenvalue weighted by Gasteiger charge is 2.32. The first-order valence-electron chi connectivity index (χ1n) is 11.9. The molecule has 0 saturated heterocycles. The van der Waals surface area contributed by atoms with E-state index in [1.165, 1.54) is 7.11 Å². The van der Waals surface area contributed by atoms with E-state index < -0.39 is 18.0 Å². The van der Waals surface area contributed by atoms with Crippen molar-refractivity contribution in [2.24, 2.45) is 0 Å². The van der Waals surface area contributed by atoms with Crippen LogP contribution in [0.3, 0.4) is 0 Å². The van der Waals surface area contributed by atoms with Crippen LogP contribution in [0.2, 0.25) is 5.02 Å². The molecule has 0 unspecified atom stereocenters. The quantitative estimate of drug-likeness (QED) is 0.269. The van der Waals surface area contributed by atoms with Crippen molar-refractivity contribution in [1.82, 2.24) is 16.0 Å². The average Bonchev–Trinajstić information content (AvgIpc) is 2.90. The summed E-state index contributed by atoms with van der Waals surface area (Å²) in [6.07, 6.45) is 0. The Hall–Kier alpha value is -4.02. The first kappa shape index (κ1) is 28.0. The third-order valence-electron chi connectivity index (χ3n) is 5.86. The van der Waals surface area contributed by atoms with E-state index in [1.807, 2.05) is 30.3 Å². The van der Waals surface area contributed by atoms with Crippen molar-refractivity contribution in [3.8, 4) is 11.5 Å². The minimum Gasteiger partial charge on any atom is -0.493 e. The Morgan fingerprint density at radius 3 is 2.56 bits per heavy atom. The number of amides is 4. The van der Waals surface area contributed by atoms with Gasteiger partial charge in [0.05, 0.1) is 23.2 Å². The molecule has 0 bridgehead atoms. The molecule has 202 valence electrons. The topological polar surface area (TPSA) is 118 Å². The number of anilines is 1. The number of benzene rings is 3. The lowest BCUT2D eigenvalue weighted by Crippen LogP contribution is -2.46. The highest BCUT2D eigenvalue weighted by atomic mass is 79.9. The molecule has 11 heteroatoms. The molecule has 3 aromatic carbocycles. The van der Waals surface area contributed by atoms with Gasteiger partial charge in [-0.3, -0.25) is 9.59 Å². The number of rotatable bonds is 9. The summed E-state index contributed by atoms with van der Waals surface area (Å²) in [7, 11) is 1.46. The first-order valence-corrected chi connectivity index (χ1v) is 13.1. The summed E-state index contributed by atoms with van der Waals surface area (Å²) in [6, 6.07) is 18.4. The predicted octanol–water partition coefficient (Wildman–Crippen LogP) is 5.07. The zero-order valence-corrected chi connectivity index (χ0v) is 23.5. The highest BCUT2D eigenvalue weighted by molar-refractivity contribution is 9.10. The minimum absolute atomic E-state index is 0.239. The fraction of sp³-hybridized carbons (Fsp3) is 0.179. The van der Waals surface area contributed by atoms with Crippen LogP contribution in [0.4, 0.5) is 10.5 Å². The summed E-state index contributed by atoms with van der Waals surface area (Å²) in [6.45, 7) is 1.79. The lowest BCUT2D eigenvalue weighted by Gasteiger charge is -2.29. The van der Waals surface area contributed by atoms with Gasteiger partial charge in [-0.25, -0.2) is 4.79 Å². The normalized spacial score (nSPS) is 14.7. The van der Waals surface area contributed by atoms with E-state index in [-0.39, 0.29) is 12.5 Å². The van der Waals surface area contributed by atoms with E-state index in [1.54, 1.807) is 43.3 Å². The fourth-order valence-corrected chi connectivity index (χ4v) is 4.81. The Kier molecular flexibility index (Phi) is 9.11. The fourth-order valence-electron chi connectivity index (χ4n) is 4.04. The van der Waals surface area contributed by atoms with Crippen LogP contribution in [-0.2, 0) is 16.1 Å². The molecule has 0 fully saturated rings. The molecule has 0 saturated carbocycles. The van der Waals surface area contributed by atoms with E-state index in [9.17, 15) is 14.4 Å². The van der Waals surface area contributed by atoms with Gasteiger partial charge in [0.15, 0.2) is 18.1 Å². The smallest absolute Gasteiger partial charge is 0.319 e. The number of carbonyl (C=O) groups excluding carboxylic acids is 3. The molecule has 0 spiro atoms. The monoisotopic (exact) mass is 612 g/mol.